The molecule has 5 nitrogen and oxygen atoms in total. The van der Waals surface area contributed by atoms with Crippen molar-refractivity contribution < 1.29 is 4.79 Å². The fourth-order valence-corrected chi connectivity index (χ4v) is 2.84. The van der Waals surface area contributed by atoms with Crippen molar-refractivity contribution in [2.45, 2.75) is 39.7 Å². The van der Waals surface area contributed by atoms with Crippen LogP contribution in [-0.4, -0.2) is 22.0 Å². The summed E-state index contributed by atoms with van der Waals surface area (Å²) in [5.74, 6) is -0.146. The minimum Gasteiger partial charge on any atom is -0.355 e. The first-order valence-corrected chi connectivity index (χ1v) is 7.72. The molecule has 1 amide bonds. The van der Waals surface area contributed by atoms with Gasteiger partial charge in [0.15, 0.2) is 0 Å². The highest BCUT2D eigenvalue weighted by atomic mass is 32.1. The molecule has 1 N–H and O–H groups in total. The monoisotopic (exact) mass is 293 g/mol. The van der Waals surface area contributed by atoms with Gasteiger partial charge in [-0.15, -0.1) is 11.3 Å². The Morgan fingerprint density at radius 3 is 2.95 bits per heavy atom. The second-order valence-electron chi connectivity index (χ2n) is 4.67. The van der Waals surface area contributed by atoms with Crippen molar-refractivity contribution in [3.63, 3.8) is 0 Å². The first-order valence-electron chi connectivity index (χ1n) is 6.90. The lowest BCUT2D eigenvalue weighted by atomic mass is 10.3. The molecule has 0 aliphatic heterocycles. The molecule has 0 fully saturated rings. The number of nitrogens with one attached hydrogen (secondary N) is 1. The molecule has 0 radical (unpaired) electrons. The fourth-order valence-electron chi connectivity index (χ4n) is 1.91. The Morgan fingerprint density at radius 1 is 1.45 bits per heavy atom. The molecule has 2 aromatic heterocycles. The van der Waals surface area contributed by atoms with Crippen LogP contribution in [0.4, 0.5) is 0 Å². The average molecular weight is 293 g/mol. The Morgan fingerprint density at radius 2 is 2.25 bits per heavy atom. The van der Waals surface area contributed by atoms with Gasteiger partial charge in [0.1, 0.15) is 11.4 Å². The number of thiophene rings is 1. The maximum atomic E-state index is 12.3. The predicted octanol–water partition coefficient (Wildman–Crippen LogP) is 1.94. The average Bonchev–Trinajstić information content (AvgIpc) is 2.86. The zero-order valence-electron chi connectivity index (χ0n) is 11.8. The summed E-state index contributed by atoms with van der Waals surface area (Å²) in [7, 11) is 0. The lowest BCUT2D eigenvalue weighted by Crippen LogP contribution is -2.32. The number of rotatable bonds is 6. The Hall–Kier alpha value is -1.69. The summed E-state index contributed by atoms with van der Waals surface area (Å²) in [5.41, 5.74) is -0.142. The molecule has 0 aromatic carbocycles. The van der Waals surface area contributed by atoms with E-state index in [0.717, 1.165) is 29.0 Å². The molecule has 0 bridgehead atoms. The van der Waals surface area contributed by atoms with E-state index in [2.05, 4.69) is 17.2 Å². The number of nitrogens with zero attached hydrogens (tertiary/aromatic N) is 2. The van der Waals surface area contributed by atoms with Crippen molar-refractivity contribution >= 4 is 27.5 Å². The Bertz CT molecular complexity index is 660. The molecule has 0 aliphatic rings. The highest BCUT2D eigenvalue weighted by Gasteiger charge is 2.10. The van der Waals surface area contributed by atoms with Crippen molar-refractivity contribution in [2.24, 2.45) is 0 Å². The standard InChI is InChI=1S/C14H19N3O2S/c1-3-5-6-15-12(18)8-17-9-16-13-11(14(17)19)7-10(4-2)20-13/h7,9H,3-6,8H2,1-2H3,(H,15,18). The van der Waals surface area contributed by atoms with Gasteiger partial charge in [0.25, 0.3) is 5.56 Å². The van der Waals surface area contributed by atoms with Crippen LogP contribution in [0.1, 0.15) is 31.6 Å². The van der Waals surface area contributed by atoms with E-state index < -0.39 is 0 Å². The molecule has 6 heteroatoms. The normalized spacial score (nSPS) is 10.9. The highest BCUT2D eigenvalue weighted by molar-refractivity contribution is 7.18. The molecule has 0 atom stereocenters. The molecule has 0 saturated carbocycles. The molecule has 0 unspecified atom stereocenters. The minimum atomic E-state index is -0.146. The number of hydrogen-bond acceptors (Lipinski definition) is 4. The number of fused-ring (bicyclic) bond motifs is 1. The van der Waals surface area contributed by atoms with E-state index in [4.69, 9.17) is 0 Å². The number of unbranched alkanes of at least 4 members (excludes halogenated alkanes) is 1. The topological polar surface area (TPSA) is 64.0 Å². The van der Waals surface area contributed by atoms with Crippen molar-refractivity contribution in [2.75, 3.05) is 6.54 Å². The van der Waals surface area contributed by atoms with E-state index in [1.165, 1.54) is 22.2 Å². The van der Waals surface area contributed by atoms with Crippen LogP contribution >= 0.6 is 11.3 Å². The summed E-state index contributed by atoms with van der Waals surface area (Å²) in [6.45, 7) is 4.79. The van der Waals surface area contributed by atoms with Gasteiger partial charge in [0.2, 0.25) is 5.91 Å². The molecule has 0 spiro atoms. The molecule has 2 aromatic rings. The van der Waals surface area contributed by atoms with Gasteiger partial charge in [-0.2, -0.15) is 0 Å². The van der Waals surface area contributed by atoms with Crippen LogP contribution in [-0.2, 0) is 17.8 Å². The van der Waals surface area contributed by atoms with E-state index in [0.29, 0.717) is 11.9 Å². The first-order chi connectivity index (χ1) is 9.65. The van der Waals surface area contributed by atoms with Gasteiger partial charge in [-0.25, -0.2) is 4.98 Å². The van der Waals surface area contributed by atoms with Crippen LogP contribution in [0.25, 0.3) is 10.2 Å². The third-order valence-corrected chi connectivity index (χ3v) is 4.27. The van der Waals surface area contributed by atoms with Crippen LogP contribution in [0.3, 0.4) is 0 Å². The predicted molar refractivity (Wildman–Crippen MR) is 81.2 cm³/mol. The molecule has 0 aliphatic carbocycles. The van der Waals surface area contributed by atoms with Gasteiger partial charge in [-0.3, -0.25) is 14.2 Å². The van der Waals surface area contributed by atoms with E-state index in [1.807, 2.05) is 13.0 Å². The third kappa shape index (κ3) is 3.25. The molecule has 20 heavy (non-hydrogen) atoms. The number of aryl methyl sites for hydroxylation is 1. The van der Waals surface area contributed by atoms with Gasteiger partial charge < -0.3 is 5.32 Å². The van der Waals surface area contributed by atoms with Crippen LogP contribution in [0.5, 0.6) is 0 Å². The first kappa shape index (κ1) is 14.7. The molecular formula is C14H19N3O2S. The number of aromatic nitrogens is 2. The number of hydrogen-bond donors (Lipinski definition) is 1. The maximum Gasteiger partial charge on any atom is 0.262 e. The zero-order chi connectivity index (χ0) is 14.5. The smallest absolute Gasteiger partial charge is 0.262 e. The lowest BCUT2D eigenvalue weighted by molar-refractivity contribution is -0.121. The van der Waals surface area contributed by atoms with Crippen LogP contribution in [0, 0.1) is 0 Å². The van der Waals surface area contributed by atoms with E-state index in [1.54, 1.807) is 0 Å². The van der Waals surface area contributed by atoms with Gasteiger partial charge >= 0.3 is 0 Å². The molecule has 2 rings (SSSR count). The molecular weight excluding hydrogens is 274 g/mol. The van der Waals surface area contributed by atoms with Gasteiger partial charge in [-0.1, -0.05) is 20.3 Å². The largest absolute Gasteiger partial charge is 0.355 e. The van der Waals surface area contributed by atoms with Crippen molar-refractivity contribution in [3.05, 3.63) is 27.6 Å². The van der Waals surface area contributed by atoms with Crippen LogP contribution < -0.4 is 10.9 Å². The van der Waals surface area contributed by atoms with E-state index >= 15 is 0 Å². The van der Waals surface area contributed by atoms with Gasteiger partial charge in [-0.05, 0) is 18.9 Å². The van der Waals surface area contributed by atoms with E-state index in [-0.39, 0.29) is 18.0 Å². The van der Waals surface area contributed by atoms with Gasteiger partial charge in [0.05, 0.1) is 11.7 Å². The van der Waals surface area contributed by atoms with Crippen molar-refractivity contribution in [1.29, 1.82) is 0 Å². The second-order valence-corrected chi connectivity index (χ2v) is 5.78. The number of carbonyl (C=O) groups excluding carboxylic acids is 1. The quantitative estimate of drug-likeness (QED) is 0.828. The summed E-state index contributed by atoms with van der Waals surface area (Å²) in [6.07, 6.45) is 4.32. The minimum absolute atomic E-state index is 0.0305. The molecule has 108 valence electrons. The SMILES string of the molecule is CCCCNC(=O)Cn1cnc2sc(CC)cc2c1=O. The maximum absolute atomic E-state index is 12.3. The third-order valence-electron chi connectivity index (χ3n) is 3.08. The van der Waals surface area contributed by atoms with Gasteiger partial charge in [0, 0.05) is 11.4 Å². The second kappa shape index (κ2) is 6.65. The molecule has 2 heterocycles. The van der Waals surface area contributed by atoms with Crippen LogP contribution in [0.15, 0.2) is 17.2 Å². The summed E-state index contributed by atoms with van der Waals surface area (Å²) in [4.78, 5) is 30.2. The summed E-state index contributed by atoms with van der Waals surface area (Å²) in [6, 6.07) is 1.88. The Kier molecular flexibility index (Phi) is 4.89. The summed E-state index contributed by atoms with van der Waals surface area (Å²) >= 11 is 1.53. The van der Waals surface area contributed by atoms with Crippen molar-refractivity contribution in [3.8, 4) is 0 Å². The molecule has 0 saturated heterocycles. The number of amides is 1. The van der Waals surface area contributed by atoms with Crippen LogP contribution in [0.2, 0.25) is 0 Å². The Labute approximate surface area is 121 Å². The lowest BCUT2D eigenvalue weighted by Gasteiger charge is -2.06. The highest BCUT2D eigenvalue weighted by Crippen LogP contribution is 2.20. The summed E-state index contributed by atoms with van der Waals surface area (Å²) in [5, 5.41) is 3.41. The number of carbonyl (C=O) groups is 1. The Balaban J connectivity index is 2.16. The fraction of sp³-hybridized carbons (Fsp3) is 0.500. The van der Waals surface area contributed by atoms with Crippen molar-refractivity contribution in [1.82, 2.24) is 14.9 Å². The van der Waals surface area contributed by atoms with E-state index in [9.17, 15) is 9.59 Å². The zero-order valence-corrected chi connectivity index (χ0v) is 12.6. The summed E-state index contributed by atoms with van der Waals surface area (Å²) < 4.78 is 1.37.